The van der Waals surface area contributed by atoms with Gasteiger partial charge in [0.15, 0.2) is 0 Å². The molecule has 82 valence electrons. The van der Waals surface area contributed by atoms with Gasteiger partial charge in [0.2, 0.25) is 0 Å². The first-order valence-corrected chi connectivity index (χ1v) is 5.35. The monoisotopic (exact) mass is 278 g/mol. The minimum Gasteiger partial charge on any atom is -0.442 e. The fourth-order valence-electron chi connectivity index (χ4n) is 1.27. The zero-order chi connectivity index (χ0) is 11.5. The number of nitrogens with one attached hydrogen (secondary N) is 1. The van der Waals surface area contributed by atoms with Crippen LogP contribution in [0.3, 0.4) is 0 Å². The number of hydrogen-bond donors (Lipinski definition) is 1. The van der Waals surface area contributed by atoms with Crippen molar-refractivity contribution in [2.24, 2.45) is 7.05 Å². The molecule has 5 nitrogen and oxygen atoms in total. The third kappa shape index (κ3) is 2.27. The van der Waals surface area contributed by atoms with Gasteiger partial charge in [-0.25, -0.2) is 0 Å². The predicted octanol–water partition coefficient (Wildman–Crippen LogP) is 1.72. The summed E-state index contributed by atoms with van der Waals surface area (Å²) >= 11 is 3.23. The topological polar surface area (TPSA) is 68.7 Å². The van der Waals surface area contributed by atoms with Crippen molar-refractivity contribution in [2.45, 2.75) is 0 Å². The molecule has 16 heavy (non-hydrogen) atoms. The van der Waals surface area contributed by atoms with E-state index in [1.54, 1.807) is 23.2 Å². The first-order chi connectivity index (χ1) is 7.69. The highest BCUT2D eigenvalue weighted by Crippen LogP contribution is 2.14. The zero-order valence-corrected chi connectivity index (χ0v) is 10.1. The maximum absolute atomic E-state index is 7.37. The van der Waals surface area contributed by atoms with Gasteiger partial charge in [-0.1, -0.05) is 34.0 Å². The van der Waals surface area contributed by atoms with Gasteiger partial charge in [-0.3, -0.25) is 4.68 Å². The van der Waals surface area contributed by atoms with Crippen LogP contribution in [0.2, 0.25) is 0 Å². The molecule has 0 spiro atoms. The van der Waals surface area contributed by atoms with E-state index in [2.05, 4.69) is 31.0 Å². The first-order valence-electron chi connectivity index (χ1n) is 4.55. The van der Waals surface area contributed by atoms with Crippen molar-refractivity contribution in [2.75, 3.05) is 0 Å². The lowest BCUT2D eigenvalue weighted by Gasteiger charge is -1.99. The van der Waals surface area contributed by atoms with Crippen LogP contribution >= 0.6 is 15.9 Å². The molecular weight excluding hydrogens is 270 g/mol. The van der Waals surface area contributed by atoms with Gasteiger partial charge in [-0.05, 0) is 4.60 Å². The van der Waals surface area contributed by atoms with Crippen molar-refractivity contribution in [1.29, 1.82) is 5.41 Å². The van der Waals surface area contributed by atoms with Gasteiger partial charge in [0.25, 0.3) is 0 Å². The summed E-state index contributed by atoms with van der Waals surface area (Å²) in [7, 11) is 1.83. The first kappa shape index (κ1) is 10.8. The van der Waals surface area contributed by atoms with Crippen molar-refractivity contribution >= 4 is 33.8 Å². The predicted molar refractivity (Wildman–Crippen MR) is 65.1 cm³/mol. The summed E-state index contributed by atoms with van der Waals surface area (Å²) in [5.41, 5.74) is 1.60. The number of hydrogen-bond acceptors (Lipinski definition) is 3. The van der Waals surface area contributed by atoms with Crippen LogP contribution in [0.4, 0.5) is 0 Å². The summed E-state index contributed by atoms with van der Waals surface area (Å²) in [4.78, 5) is 8.20. The van der Waals surface area contributed by atoms with E-state index in [1.807, 2.05) is 13.2 Å². The standard InChI is InChI=1S/C10H9BrN5/c1-16-6-8(4-14-16)7(3-12)2-10-13-5-9(11)15-10/h2-6,12H,1H3/q-1/b7-2+,12-3?. The smallest absolute Gasteiger partial charge is 0.0568 e. The molecule has 2 aromatic heterocycles. The lowest BCUT2D eigenvalue weighted by Crippen LogP contribution is -1.87. The molecule has 0 aromatic carbocycles. The SMILES string of the molecule is Cn1cc(/C(C=N)=C/c2nc(Br)c[n-]2)cn1. The highest BCUT2D eigenvalue weighted by molar-refractivity contribution is 9.10. The molecule has 0 atom stereocenters. The number of halogens is 1. The Balaban J connectivity index is 2.36. The van der Waals surface area contributed by atoms with Crippen molar-refractivity contribution in [3.05, 3.63) is 34.6 Å². The Bertz CT molecular complexity index is 537. The highest BCUT2D eigenvalue weighted by atomic mass is 79.9. The average molecular weight is 279 g/mol. The molecule has 0 radical (unpaired) electrons. The Hall–Kier alpha value is -1.69. The minimum atomic E-state index is 0.578. The number of imidazole rings is 1. The van der Waals surface area contributed by atoms with Crippen LogP contribution in [0, 0.1) is 5.41 Å². The second-order valence-electron chi connectivity index (χ2n) is 3.20. The molecule has 2 heterocycles. The van der Waals surface area contributed by atoms with Gasteiger partial charge in [-0.15, -0.1) is 0 Å². The Morgan fingerprint density at radius 2 is 2.44 bits per heavy atom. The second kappa shape index (κ2) is 4.44. The van der Waals surface area contributed by atoms with E-state index in [4.69, 9.17) is 5.41 Å². The molecule has 0 bridgehead atoms. The van der Waals surface area contributed by atoms with Gasteiger partial charge in [0.05, 0.1) is 6.20 Å². The maximum atomic E-state index is 7.37. The average Bonchev–Trinajstić information content (AvgIpc) is 2.84. The third-order valence-corrected chi connectivity index (χ3v) is 2.39. The van der Waals surface area contributed by atoms with E-state index in [1.165, 1.54) is 6.21 Å². The molecule has 0 aliphatic carbocycles. The van der Waals surface area contributed by atoms with Crippen LogP contribution < -0.4 is 4.98 Å². The lowest BCUT2D eigenvalue weighted by atomic mass is 10.1. The van der Waals surface area contributed by atoms with Crippen molar-refractivity contribution < 1.29 is 0 Å². The maximum Gasteiger partial charge on any atom is 0.0568 e. The largest absolute Gasteiger partial charge is 0.442 e. The van der Waals surface area contributed by atoms with E-state index in [0.717, 1.165) is 11.1 Å². The summed E-state index contributed by atoms with van der Waals surface area (Å²) in [6.07, 6.45) is 8.18. The summed E-state index contributed by atoms with van der Waals surface area (Å²) in [6.45, 7) is 0. The van der Waals surface area contributed by atoms with Gasteiger partial charge in [-0.2, -0.15) is 5.10 Å². The zero-order valence-electron chi connectivity index (χ0n) is 8.55. The fraction of sp³-hybridized carbons (Fsp3) is 0.100. The molecule has 0 fully saturated rings. The molecule has 0 amide bonds. The van der Waals surface area contributed by atoms with Gasteiger partial charge in [0, 0.05) is 30.6 Å². The Morgan fingerprint density at radius 3 is 2.94 bits per heavy atom. The number of aryl methyl sites for hydroxylation is 1. The Kier molecular flexibility index (Phi) is 3.00. The van der Waals surface area contributed by atoms with E-state index in [9.17, 15) is 0 Å². The minimum absolute atomic E-state index is 0.578. The van der Waals surface area contributed by atoms with E-state index in [-0.39, 0.29) is 0 Å². The summed E-state index contributed by atoms with van der Waals surface area (Å²) in [5.74, 6) is 0.578. The Labute approximate surface area is 101 Å². The van der Waals surface area contributed by atoms with Crippen LogP contribution in [0.1, 0.15) is 11.4 Å². The van der Waals surface area contributed by atoms with Gasteiger partial charge in [0.1, 0.15) is 0 Å². The van der Waals surface area contributed by atoms with E-state index >= 15 is 0 Å². The van der Waals surface area contributed by atoms with Crippen molar-refractivity contribution in [1.82, 2.24) is 19.7 Å². The molecule has 0 aliphatic rings. The molecule has 0 saturated heterocycles. The van der Waals surface area contributed by atoms with Crippen LogP contribution in [-0.2, 0) is 7.05 Å². The molecule has 6 heteroatoms. The molecule has 2 rings (SSSR count). The lowest BCUT2D eigenvalue weighted by molar-refractivity contribution is 0.767. The normalized spacial score (nSPS) is 11.8. The highest BCUT2D eigenvalue weighted by Gasteiger charge is 2.00. The second-order valence-corrected chi connectivity index (χ2v) is 4.01. The van der Waals surface area contributed by atoms with Crippen molar-refractivity contribution in [3.63, 3.8) is 0 Å². The van der Waals surface area contributed by atoms with Crippen LogP contribution in [0.25, 0.3) is 11.6 Å². The summed E-state index contributed by atoms with van der Waals surface area (Å²) in [6, 6.07) is 0. The number of rotatable bonds is 3. The van der Waals surface area contributed by atoms with Crippen LogP contribution in [0.5, 0.6) is 0 Å². The Morgan fingerprint density at radius 1 is 1.62 bits per heavy atom. The summed E-state index contributed by atoms with van der Waals surface area (Å²) < 4.78 is 2.38. The molecule has 0 saturated carbocycles. The number of nitrogens with zero attached hydrogens (tertiary/aromatic N) is 4. The number of allylic oxidation sites excluding steroid dienone is 1. The van der Waals surface area contributed by atoms with E-state index < -0.39 is 0 Å². The van der Waals surface area contributed by atoms with Crippen molar-refractivity contribution in [3.8, 4) is 0 Å². The quantitative estimate of drug-likeness (QED) is 0.870. The molecule has 0 aliphatic heterocycles. The van der Waals surface area contributed by atoms with Crippen LogP contribution in [0.15, 0.2) is 23.2 Å². The van der Waals surface area contributed by atoms with E-state index in [0.29, 0.717) is 10.4 Å². The van der Waals surface area contributed by atoms with Crippen LogP contribution in [-0.4, -0.2) is 21.0 Å². The van der Waals surface area contributed by atoms with Gasteiger partial charge < -0.3 is 15.4 Å². The summed E-state index contributed by atoms with van der Waals surface area (Å²) in [5, 5.41) is 11.4. The fourth-order valence-corrected chi connectivity index (χ4v) is 1.56. The number of aromatic nitrogens is 4. The molecule has 2 aromatic rings. The van der Waals surface area contributed by atoms with Gasteiger partial charge >= 0.3 is 0 Å². The molecular formula is C10H9BrN5-. The molecule has 1 N–H and O–H groups in total. The molecule has 0 unspecified atom stereocenters. The third-order valence-electron chi connectivity index (χ3n) is 2.00.